The van der Waals surface area contributed by atoms with Crippen LogP contribution in [0.25, 0.3) is 11.3 Å². The van der Waals surface area contributed by atoms with E-state index < -0.39 is 12.0 Å². The van der Waals surface area contributed by atoms with Crippen molar-refractivity contribution in [2.75, 3.05) is 38.2 Å². The lowest BCUT2D eigenvalue weighted by Gasteiger charge is -2.27. The van der Waals surface area contributed by atoms with Gasteiger partial charge >= 0.3 is 5.97 Å². The smallest absolute Gasteiger partial charge is 0.338 e. The molecule has 0 radical (unpaired) electrons. The molecule has 10 nitrogen and oxygen atoms in total. The van der Waals surface area contributed by atoms with Crippen LogP contribution in [0.2, 0.25) is 0 Å². The molecule has 41 heavy (non-hydrogen) atoms. The number of carbonyl (C=O) groups is 2. The average molecular weight is 573 g/mol. The summed E-state index contributed by atoms with van der Waals surface area (Å²) in [6.45, 7) is -0.107. The maximum absolute atomic E-state index is 12.4. The van der Waals surface area contributed by atoms with Crippen molar-refractivity contribution in [3.63, 3.8) is 0 Å². The Balaban J connectivity index is 1.59. The monoisotopic (exact) mass is 572 g/mol. The normalized spacial score (nSPS) is 16.3. The molecule has 2 atom stereocenters. The van der Waals surface area contributed by atoms with Crippen LogP contribution in [0.1, 0.15) is 33.9 Å². The number of amides is 1. The third-order valence-corrected chi connectivity index (χ3v) is 6.94. The molecule has 210 valence electrons. The number of thiocarbonyl (C=S) groups is 1. The first-order chi connectivity index (χ1) is 19.9. The van der Waals surface area contributed by atoms with Gasteiger partial charge in [-0.15, -0.1) is 0 Å². The van der Waals surface area contributed by atoms with Crippen LogP contribution in [-0.2, 0) is 14.3 Å². The molecular formula is C30H28N4O6S. The standard InChI is InChI=1S/C30H28N4O6S/c1-37-17-26(35)32-22-16-18(11-12-24(22)38-2)34-28(27(33-30(34)41)21-10-6-7-15-31-21)25-14-13-23(40-25)19-8-4-5-9-20(19)29(36)39-3/h4-16,27-28H,17H2,1-3H3,(H,32,35)(H,33,41). The van der Waals surface area contributed by atoms with Crippen LogP contribution < -0.4 is 20.3 Å². The number of esters is 1. The number of anilines is 2. The predicted molar refractivity (Wildman–Crippen MR) is 157 cm³/mol. The molecule has 2 aromatic carbocycles. The maximum atomic E-state index is 12.4. The minimum atomic E-state index is -0.465. The molecule has 1 amide bonds. The molecule has 1 aliphatic rings. The number of furan rings is 1. The molecule has 0 saturated carbocycles. The number of pyridine rings is 1. The van der Waals surface area contributed by atoms with Crippen molar-refractivity contribution in [1.29, 1.82) is 0 Å². The first-order valence-electron chi connectivity index (χ1n) is 12.7. The molecule has 3 heterocycles. The molecule has 1 fully saturated rings. The zero-order valence-electron chi connectivity index (χ0n) is 22.6. The second kappa shape index (κ2) is 12.2. The van der Waals surface area contributed by atoms with E-state index in [4.69, 9.17) is 30.8 Å². The van der Waals surface area contributed by atoms with E-state index in [0.717, 1.165) is 5.69 Å². The van der Waals surface area contributed by atoms with Gasteiger partial charge in [0.2, 0.25) is 5.91 Å². The van der Waals surface area contributed by atoms with Crippen molar-refractivity contribution in [2.24, 2.45) is 0 Å². The van der Waals surface area contributed by atoms with E-state index in [1.54, 1.807) is 36.5 Å². The van der Waals surface area contributed by atoms with Crippen molar-refractivity contribution in [3.8, 4) is 17.1 Å². The van der Waals surface area contributed by atoms with Gasteiger partial charge in [-0.2, -0.15) is 0 Å². The number of rotatable bonds is 9. The summed E-state index contributed by atoms with van der Waals surface area (Å²) in [5.41, 5.74) is 2.90. The van der Waals surface area contributed by atoms with E-state index in [-0.39, 0.29) is 18.6 Å². The van der Waals surface area contributed by atoms with Crippen LogP contribution in [0.3, 0.4) is 0 Å². The summed E-state index contributed by atoms with van der Waals surface area (Å²) in [5.74, 6) is 0.780. The number of hydrogen-bond acceptors (Lipinski definition) is 8. The zero-order valence-corrected chi connectivity index (χ0v) is 23.4. The SMILES string of the molecule is COCC(=O)Nc1cc(N2C(=S)NC(c3ccccn3)C2c2ccc(-c3ccccc3C(=O)OC)o2)ccc1OC. The number of nitrogens with one attached hydrogen (secondary N) is 2. The number of benzene rings is 2. The summed E-state index contributed by atoms with van der Waals surface area (Å²) < 4.78 is 21.8. The highest BCUT2D eigenvalue weighted by Gasteiger charge is 2.43. The summed E-state index contributed by atoms with van der Waals surface area (Å²) in [4.78, 5) is 31.3. The minimum absolute atomic E-state index is 0.107. The molecule has 0 aliphatic carbocycles. The van der Waals surface area contributed by atoms with Gasteiger partial charge in [0, 0.05) is 24.6 Å². The second-order valence-electron chi connectivity index (χ2n) is 9.10. The van der Waals surface area contributed by atoms with Crippen LogP contribution >= 0.6 is 12.2 Å². The maximum Gasteiger partial charge on any atom is 0.338 e. The number of methoxy groups -OCH3 is 3. The molecule has 5 rings (SSSR count). The summed E-state index contributed by atoms with van der Waals surface area (Å²) in [6, 6.07) is 21.0. The third kappa shape index (κ3) is 5.63. The minimum Gasteiger partial charge on any atom is -0.495 e. The Labute approximate surface area is 242 Å². The van der Waals surface area contributed by atoms with Gasteiger partial charge in [-0.1, -0.05) is 24.3 Å². The third-order valence-electron chi connectivity index (χ3n) is 6.62. The Kier molecular flexibility index (Phi) is 8.27. The van der Waals surface area contributed by atoms with Gasteiger partial charge in [0.25, 0.3) is 0 Å². The number of ether oxygens (including phenoxy) is 3. The van der Waals surface area contributed by atoms with Crippen molar-refractivity contribution in [1.82, 2.24) is 10.3 Å². The molecule has 1 aliphatic heterocycles. The van der Waals surface area contributed by atoms with Crippen molar-refractivity contribution in [3.05, 3.63) is 96.0 Å². The first-order valence-corrected chi connectivity index (χ1v) is 13.1. The Morgan fingerprint density at radius 1 is 1.05 bits per heavy atom. The fraction of sp³-hybridized carbons (Fsp3) is 0.200. The summed E-state index contributed by atoms with van der Waals surface area (Å²) in [6.07, 6.45) is 1.72. The van der Waals surface area contributed by atoms with Crippen molar-refractivity contribution >= 4 is 40.6 Å². The highest BCUT2D eigenvalue weighted by atomic mass is 32.1. The summed E-state index contributed by atoms with van der Waals surface area (Å²) in [7, 11) is 4.32. The molecule has 0 bridgehead atoms. The molecule has 2 unspecified atom stereocenters. The average Bonchev–Trinajstić information content (AvgIpc) is 3.62. The van der Waals surface area contributed by atoms with Crippen LogP contribution in [0.5, 0.6) is 5.75 Å². The van der Waals surface area contributed by atoms with Gasteiger partial charge in [0.15, 0.2) is 5.11 Å². The van der Waals surface area contributed by atoms with Gasteiger partial charge in [0.05, 0.1) is 37.2 Å². The van der Waals surface area contributed by atoms with Gasteiger partial charge in [0.1, 0.15) is 29.9 Å². The molecule has 2 N–H and O–H groups in total. The molecule has 0 spiro atoms. The van der Waals surface area contributed by atoms with Crippen LogP contribution in [-0.4, -0.2) is 49.9 Å². The van der Waals surface area contributed by atoms with Gasteiger partial charge in [-0.25, -0.2) is 4.79 Å². The number of nitrogens with zero attached hydrogens (tertiary/aromatic N) is 2. The second-order valence-corrected chi connectivity index (χ2v) is 9.49. The van der Waals surface area contributed by atoms with E-state index in [1.165, 1.54) is 21.3 Å². The quantitative estimate of drug-likeness (QED) is 0.212. The largest absolute Gasteiger partial charge is 0.495 e. The van der Waals surface area contributed by atoms with E-state index in [2.05, 4.69) is 15.6 Å². The van der Waals surface area contributed by atoms with Crippen molar-refractivity contribution < 1.29 is 28.2 Å². The molecule has 1 saturated heterocycles. The topological polar surface area (TPSA) is 115 Å². The highest BCUT2D eigenvalue weighted by Crippen LogP contribution is 2.44. The van der Waals surface area contributed by atoms with E-state index in [0.29, 0.717) is 44.9 Å². The Morgan fingerprint density at radius 2 is 1.85 bits per heavy atom. The van der Waals surface area contributed by atoms with Gasteiger partial charge < -0.3 is 34.2 Å². The van der Waals surface area contributed by atoms with E-state index in [1.807, 2.05) is 47.4 Å². The van der Waals surface area contributed by atoms with Crippen LogP contribution in [0.15, 0.2) is 83.4 Å². The van der Waals surface area contributed by atoms with Crippen LogP contribution in [0, 0.1) is 0 Å². The van der Waals surface area contributed by atoms with E-state index in [9.17, 15) is 9.59 Å². The lowest BCUT2D eigenvalue weighted by molar-refractivity contribution is -0.119. The number of hydrogen-bond donors (Lipinski definition) is 2. The van der Waals surface area contributed by atoms with Crippen LogP contribution in [0.4, 0.5) is 11.4 Å². The molecular weight excluding hydrogens is 544 g/mol. The Hall–Kier alpha value is -4.74. The molecule has 2 aromatic heterocycles. The summed E-state index contributed by atoms with van der Waals surface area (Å²) in [5, 5.41) is 6.66. The lowest BCUT2D eigenvalue weighted by Crippen LogP contribution is -2.29. The van der Waals surface area contributed by atoms with E-state index >= 15 is 0 Å². The Morgan fingerprint density at radius 3 is 2.59 bits per heavy atom. The fourth-order valence-corrected chi connectivity index (χ4v) is 5.17. The van der Waals surface area contributed by atoms with Gasteiger partial charge in [-0.05, 0) is 60.7 Å². The van der Waals surface area contributed by atoms with Crippen molar-refractivity contribution in [2.45, 2.75) is 12.1 Å². The summed E-state index contributed by atoms with van der Waals surface area (Å²) >= 11 is 5.83. The predicted octanol–water partition coefficient (Wildman–Crippen LogP) is 4.90. The molecule has 4 aromatic rings. The Bertz CT molecular complexity index is 1570. The first kappa shape index (κ1) is 27.8. The fourth-order valence-electron chi connectivity index (χ4n) is 4.83. The number of carbonyl (C=O) groups excluding carboxylic acids is 2. The zero-order chi connectivity index (χ0) is 28.9. The molecule has 11 heteroatoms. The number of aromatic nitrogens is 1. The highest BCUT2D eigenvalue weighted by molar-refractivity contribution is 7.80. The lowest BCUT2D eigenvalue weighted by atomic mass is 10.0. The van der Waals surface area contributed by atoms with Gasteiger partial charge in [-0.3, -0.25) is 9.78 Å².